The summed E-state index contributed by atoms with van der Waals surface area (Å²) in [4.78, 5) is 20.6. The van der Waals surface area contributed by atoms with Crippen molar-refractivity contribution in [2.24, 2.45) is 0 Å². The summed E-state index contributed by atoms with van der Waals surface area (Å²) in [5, 5.41) is 5.88. The number of nitrogens with zero attached hydrogens (tertiary/aromatic N) is 2. The Morgan fingerprint density at radius 3 is 2.71 bits per heavy atom. The van der Waals surface area contributed by atoms with E-state index in [1.54, 1.807) is 18.5 Å². The van der Waals surface area contributed by atoms with Crippen molar-refractivity contribution in [3.63, 3.8) is 0 Å². The van der Waals surface area contributed by atoms with Gasteiger partial charge in [-0.25, -0.2) is 9.97 Å². The number of aryl methyl sites for hydroxylation is 1. The Labute approximate surface area is 140 Å². The summed E-state index contributed by atoms with van der Waals surface area (Å²) in [6.45, 7) is 2.94. The first-order valence-electron chi connectivity index (χ1n) is 7.64. The molecular weight excluding hydrogens is 304 g/mol. The van der Waals surface area contributed by atoms with Crippen molar-refractivity contribution in [2.75, 3.05) is 5.32 Å². The van der Waals surface area contributed by atoms with Gasteiger partial charge in [-0.3, -0.25) is 4.79 Å². The van der Waals surface area contributed by atoms with Crippen molar-refractivity contribution < 1.29 is 9.21 Å². The first kappa shape index (κ1) is 15.7. The number of anilines is 1. The van der Waals surface area contributed by atoms with E-state index in [2.05, 4.69) is 20.6 Å². The molecule has 2 heterocycles. The minimum absolute atomic E-state index is 0.237. The van der Waals surface area contributed by atoms with E-state index >= 15 is 0 Å². The van der Waals surface area contributed by atoms with Crippen LogP contribution >= 0.6 is 0 Å². The Hall–Kier alpha value is -3.15. The Morgan fingerprint density at radius 1 is 1.12 bits per heavy atom. The second-order valence-corrected chi connectivity index (χ2v) is 5.37. The van der Waals surface area contributed by atoms with Crippen LogP contribution in [0.4, 0.5) is 5.95 Å². The SMILES string of the molecule is Cc1ccc(CNC(=O)c2ccnc(NCc3ccco3)n2)cc1. The number of rotatable bonds is 6. The second kappa shape index (κ2) is 7.41. The molecule has 0 aliphatic heterocycles. The summed E-state index contributed by atoms with van der Waals surface area (Å²) in [5.74, 6) is 0.918. The van der Waals surface area contributed by atoms with Crippen LogP contribution in [0, 0.1) is 6.92 Å². The van der Waals surface area contributed by atoms with E-state index < -0.39 is 0 Å². The molecule has 2 N–H and O–H groups in total. The number of carbonyl (C=O) groups excluding carboxylic acids is 1. The number of carbonyl (C=O) groups is 1. The third-order valence-corrected chi connectivity index (χ3v) is 3.46. The molecular formula is C18H18N4O2. The molecule has 0 bridgehead atoms. The van der Waals surface area contributed by atoms with E-state index in [0.29, 0.717) is 24.7 Å². The molecule has 0 atom stereocenters. The topological polar surface area (TPSA) is 80.0 Å². The number of furan rings is 1. The normalized spacial score (nSPS) is 10.4. The maximum Gasteiger partial charge on any atom is 0.270 e. The van der Waals surface area contributed by atoms with E-state index in [9.17, 15) is 4.79 Å². The van der Waals surface area contributed by atoms with Gasteiger partial charge in [-0.05, 0) is 30.7 Å². The van der Waals surface area contributed by atoms with Crippen LogP contribution in [0.1, 0.15) is 27.4 Å². The molecule has 0 radical (unpaired) electrons. The minimum atomic E-state index is -0.237. The Balaban J connectivity index is 1.58. The molecule has 122 valence electrons. The molecule has 3 aromatic rings. The Morgan fingerprint density at radius 2 is 1.96 bits per heavy atom. The van der Waals surface area contributed by atoms with Gasteiger partial charge in [0.1, 0.15) is 11.5 Å². The highest BCUT2D eigenvalue weighted by atomic mass is 16.3. The first-order valence-corrected chi connectivity index (χ1v) is 7.64. The van der Waals surface area contributed by atoms with E-state index in [4.69, 9.17) is 4.42 Å². The Bertz CT molecular complexity index is 798. The molecule has 0 unspecified atom stereocenters. The van der Waals surface area contributed by atoms with Crippen molar-refractivity contribution in [1.82, 2.24) is 15.3 Å². The highest BCUT2D eigenvalue weighted by Crippen LogP contribution is 2.06. The largest absolute Gasteiger partial charge is 0.467 e. The van der Waals surface area contributed by atoms with Crippen LogP contribution in [0.2, 0.25) is 0 Å². The third-order valence-electron chi connectivity index (χ3n) is 3.46. The molecule has 0 saturated heterocycles. The van der Waals surface area contributed by atoms with Gasteiger partial charge in [0.2, 0.25) is 5.95 Å². The number of nitrogens with one attached hydrogen (secondary N) is 2. The lowest BCUT2D eigenvalue weighted by atomic mass is 10.1. The van der Waals surface area contributed by atoms with Gasteiger partial charge in [-0.1, -0.05) is 29.8 Å². The summed E-state index contributed by atoms with van der Waals surface area (Å²) in [6, 6.07) is 13.3. The van der Waals surface area contributed by atoms with Gasteiger partial charge in [0, 0.05) is 12.7 Å². The van der Waals surface area contributed by atoms with Gasteiger partial charge in [-0.2, -0.15) is 0 Å². The Kier molecular flexibility index (Phi) is 4.86. The summed E-state index contributed by atoms with van der Waals surface area (Å²) in [6.07, 6.45) is 3.16. The molecule has 0 spiro atoms. The van der Waals surface area contributed by atoms with E-state index in [-0.39, 0.29) is 5.91 Å². The smallest absolute Gasteiger partial charge is 0.270 e. The predicted octanol–water partition coefficient (Wildman–Crippen LogP) is 2.92. The van der Waals surface area contributed by atoms with Gasteiger partial charge in [0.05, 0.1) is 12.8 Å². The summed E-state index contributed by atoms with van der Waals surface area (Å²) >= 11 is 0. The molecule has 6 heteroatoms. The first-order chi connectivity index (χ1) is 11.7. The fourth-order valence-corrected chi connectivity index (χ4v) is 2.13. The van der Waals surface area contributed by atoms with Gasteiger partial charge in [0.15, 0.2) is 0 Å². The fourth-order valence-electron chi connectivity index (χ4n) is 2.13. The minimum Gasteiger partial charge on any atom is -0.467 e. The third kappa shape index (κ3) is 4.19. The predicted molar refractivity (Wildman–Crippen MR) is 90.4 cm³/mol. The van der Waals surface area contributed by atoms with E-state index in [1.807, 2.05) is 43.3 Å². The van der Waals surface area contributed by atoms with Crippen molar-refractivity contribution >= 4 is 11.9 Å². The molecule has 0 saturated carbocycles. The molecule has 1 aromatic carbocycles. The molecule has 6 nitrogen and oxygen atoms in total. The maximum atomic E-state index is 12.2. The van der Waals surface area contributed by atoms with Crippen molar-refractivity contribution in [2.45, 2.75) is 20.0 Å². The monoisotopic (exact) mass is 322 g/mol. The molecule has 0 aliphatic rings. The van der Waals surface area contributed by atoms with Crippen LogP contribution < -0.4 is 10.6 Å². The van der Waals surface area contributed by atoms with E-state index in [1.165, 1.54) is 5.56 Å². The summed E-state index contributed by atoms with van der Waals surface area (Å²) in [5.41, 5.74) is 2.55. The maximum absolute atomic E-state index is 12.2. The number of hydrogen-bond acceptors (Lipinski definition) is 5. The van der Waals surface area contributed by atoms with Gasteiger partial charge in [-0.15, -0.1) is 0 Å². The highest BCUT2D eigenvalue weighted by Gasteiger charge is 2.09. The average molecular weight is 322 g/mol. The van der Waals surface area contributed by atoms with Crippen LogP contribution in [0.3, 0.4) is 0 Å². The van der Waals surface area contributed by atoms with Crippen LogP contribution in [-0.2, 0) is 13.1 Å². The fraction of sp³-hybridized carbons (Fsp3) is 0.167. The number of amides is 1. The van der Waals surface area contributed by atoms with Crippen LogP contribution in [0.25, 0.3) is 0 Å². The lowest BCUT2D eigenvalue weighted by Crippen LogP contribution is -2.24. The van der Waals surface area contributed by atoms with Gasteiger partial charge < -0.3 is 15.1 Å². The number of hydrogen-bond donors (Lipinski definition) is 2. The molecule has 24 heavy (non-hydrogen) atoms. The summed E-state index contributed by atoms with van der Waals surface area (Å²) < 4.78 is 5.23. The van der Waals surface area contributed by atoms with Gasteiger partial charge >= 0.3 is 0 Å². The lowest BCUT2D eigenvalue weighted by Gasteiger charge is -2.07. The second-order valence-electron chi connectivity index (χ2n) is 5.37. The molecule has 1 amide bonds. The lowest BCUT2D eigenvalue weighted by molar-refractivity contribution is 0.0946. The van der Waals surface area contributed by atoms with Crippen LogP contribution in [0.15, 0.2) is 59.3 Å². The molecule has 0 fully saturated rings. The van der Waals surface area contributed by atoms with Crippen molar-refractivity contribution in [1.29, 1.82) is 0 Å². The molecule has 3 rings (SSSR count). The van der Waals surface area contributed by atoms with Crippen LogP contribution in [-0.4, -0.2) is 15.9 Å². The zero-order chi connectivity index (χ0) is 16.8. The standard InChI is InChI=1S/C18H18N4O2/c1-13-4-6-14(7-5-13)11-20-17(23)16-8-9-19-18(22-16)21-12-15-3-2-10-24-15/h2-10H,11-12H2,1H3,(H,20,23)(H,19,21,22). The molecule has 2 aromatic heterocycles. The average Bonchev–Trinajstić information content (AvgIpc) is 3.13. The summed E-state index contributed by atoms with van der Waals surface area (Å²) in [7, 11) is 0. The van der Waals surface area contributed by atoms with Crippen molar-refractivity contribution in [3.8, 4) is 0 Å². The van der Waals surface area contributed by atoms with Gasteiger partial charge in [0.25, 0.3) is 5.91 Å². The number of benzene rings is 1. The van der Waals surface area contributed by atoms with Crippen LogP contribution in [0.5, 0.6) is 0 Å². The highest BCUT2D eigenvalue weighted by molar-refractivity contribution is 5.92. The molecule has 0 aliphatic carbocycles. The quantitative estimate of drug-likeness (QED) is 0.729. The van der Waals surface area contributed by atoms with Crippen molar-refractivity contribution in [3.05, 3.63) is 77.5 Å². The van der Waals surface area contributed by atoms with E-state index in [0.717, 1.165) is 11.3 Å². The number of aromatic nitrogens is 2. The zero-order valence-corrected chi connectivity index (χ0v) is 13.3. The zero-order valence-electron chi connectivity index (χ0n) is 13.3.